The third kappa shape index (κ3) is 6.92. The number of halogens is 3. The van der Waals surface area contributed by atoms with Crippen molar-refractivity contribution >= 4 is 18.3 Å². The molecule has 222 valence electrons. The summed E-state index contributed by atoms with van der Waals surface area (Å²) < 4.78 is 48.0. The van der Waals surface area contributed by atoms with E-state index in [1.165, 1.54) is 0 Å². The highest BCUT2D eigenvalue weighted by atomic mass is 19.4. The zero-order chi connectivity index (χ0) is 29.3. The Morgan fingerprint density at radius 1 is 1.12 bits per heavy atom. The second-order valence-corrected chi connectivity index (χ2v) is 12.5. The number of piperidine rings is 1. The summed E-state index contributed by atoms with van der Waals surface area (Å²) in [4.78, 5) is 50.1. The maximum absolute atomic E-state index is 14.1. The number of nitrogens with zero attached hydrogens (tertiary/aromatic N) is 4. The van der Waals surface area contributed by atoms with Crippen molar-refractivity contribution in [1.82, 2.24) is 25.1 Å². The Kier molecular flexibility index (Phi) is 8.77. The Labute approximate surface area is 233 Å². The molecule has 1 aromatic rings. The predicted octanol–water partition coefficient (Wildman–Crippen LogP) is 4.58. The van der Waals surface area contributed by atoms with E-state index >= 15 is 0 Å². The first kappa shape index (κ1) is 30.2. The second kappa shape index (κ2) is 11.6. The van der Waals surface area contributed by atoms with Gasteiger partial charge in [0, 0.05) is 44.0 Å². The maximum atomic E-state index is 14.1. The molecule has 0 unspecified atom stereocenters. The third-order valence-electron chi connectivity index (χ3n) is 8.02. The highest BCUT2D eigenvalue weighted by Gasteiger charge is 2.46. The van der Waals surface area contributed by atoms with Crippen LogP contribution in [0.1, 0.15) is 101 Å². The number of ether oxygens (including phenoxy) is 1. The average molecular weight is 568 g/mol. The molecule has 0 radical (unpaired) electrons. The van der Waals surface area contributed by atoms with E-state index in [0.717, 1.165) is 32.1 Å². The third-order valence-corrected chi connectivity index (χ3v) is 8.02. The molecule has 0 aromatic carbocycles. The van der Waals surface area contributed by atoms with Crippen LogP contribution >= 0.6 is 0 Å². The summed E-state index contributed by atoms with van der Waals surface area (Å²) in [6, 6.07) is 0. The highest BCUT2D eigenvalue weighted by molar-refractivity contribution is 5.77. The first-order valence-corrected chi connectivity index (χ1v) is 14.2. The predicted molar refractivity (Wildman–Crippen MR) is 140 cm³/mol. The fourth-order valence-corrected chi connectivity index (χ4v) is 6.08. The fourth-order valence-electron chi connectivity index (χ4n) is 6.08. The Morgan fingerprint density at radius 3 is 2.45 bits per heavy atom. The molecule has 1 N–H and O–H groups in total. The van der Waals surface area contributed by atoms with Crippen LogP contribution in [0.4, 0.5) is 18.0 Å². The number of alkyl halides is 3. The Bertz CT molecular complexity index is 1120. The Balaban J connectivity index is 1.74. The summed E-state index contributed by atoms with van der Waals surface area (Å²) in [6.45, 7) is 7.66. The maximum Gasteiger partial charge on any atom is 0.433 e. The van der Waals surface area contributed by atoms with Crippen LogP contribution in [0.25, 0.3) is 0 Å². The molecule has 3 heterocycles. The molecule has 2 aliphatic heterocycles. The molecule has 12 heteroatoms. The number of aldehydes is 1. The van der Waals surface area contributed by atoms with Crippen LogP contribution in [0.3, 0.4) is 0 Å². The molecule has 40 heavy (non-hydrogen) atoms. The largest absolute Gasteiger partial charge is 0.444 e. The Hall–Kier alpha value is -2.76. The number of amides is 2. The molecule has 2 atom stereocenters. The van der Waals surface area contributed by atoms with Gasteiger partial charge in [0.1, 0.15) is 23.4 Å². The first-order chi connectivity index (χ1) is 18.7. The number of nitrogens with one attached hydrogen (secondary N) is 1. The van der Waals surface area contributed by atoms with Crippen molar-refractivity contribution in [2.75, 3.05) is 19.6 Å². The summed E-state index contributed by atoms with van der Waals surface area (Å²) in [5, 5.41) is 2.86. The molecule has 4 rings (SSSR count). The number of hydrogen-bond donors (Lipinski definition) is 1. The van der Waals surface area contributed by atoms with E-state index in [1.807, 2.05) is 6.92 Å². The van der Waals surface area contributed by atoms with Crippen molar-refractivity contribution in [2.24, 2.45) is 5.92 Å². The molecule has 1 saturated heterocycles. The van der Waals surface area contributed by atoms with E-state index in [2.05, 4.69) is 15.3 Å². The van der Waals surface area contributed by atoms with Crippen LogP contribution in [-0.2, 0) is 33.5 Å². The van der Waals surface area contributed by atoms with Crippen LogP contribution in [0.15, 0.2) is 0 Å². The monoisotopic (exact) mass is 567 g/mol. The lowest BCUT2D eigenvalue weighted by Gasteiger charge is -2.48. The van der Waals surface area contributed by atoms with Gasteiger partial charge in [0.05, 0.1) is 12.2 Å². The molecule has 1 saturated carbocycles. The minimum atomic E-state index is -4.63. The molecule has 2 amide bonds. The van der Waals surface area contributed by atoms with Crippen molar-refractivity contribution in [3.8, 4) is 0 Å². The second-order valence-electron chi connectivity index (χ2n) is 12.5. The van der Waals surface area contributed by atoms with Gasteiger partial charge in [-0.2, -0.15) is 13.2 Å². The number of likely N-dealkylation sites (tertiary alicyclic amines) is 1. The van der Waals surface area contributed by atoms with Crippen LogP contribution in [0.5, 0.6) is 0 Å². The smallest absolute Gasteiger partial charge is 0.433 e. The molecular formula is C28H40F3N5O4. The van der Waals surface area contributed by atoms with Crippen LogP contribution in [0, 0.1) is 5.92 Å². The quantitative estimate of drug-likeness (QED) is 0.481. The molecule has 0 bridgehead atoms. The number of alkyl carbamates (subject to hydrolysis) is 1. The Morgan fingerprint density at radius 2 is 1.82 bits per heavy atom. The number of hydrogen-bond acceptors (Lipinski definition) is 7. The molecule has 9 nitrogen and oxygen atoms in total. The zero-order valence-corrected chi connectivity index (χ0v) is 23.8. The van der Waals surface area contributed by atoms with Crippen molar-refractivity contribution in [1.29, 1.82) is 0 Å². The van der Waals surface area contributed by atoms with Crippen LogP contribution in [0.2, 0.25) is 0 Å². The molecule has 3 aliphatic rings. The lowest BCUT2D eigenvalue weighted by atomic mass is 9.93. The normalized spacial score (nSPS) is 22.5. The minimum absolute atomic E-state index is 0.00379. The summed E-state index contributed by atoms with van der Waals surface area (Å²) in [5.41, 5.74) is -2.84. The van der Waals surface area contributed by atoms with Gasteiger partial charge in [-0.15, -0.1) is 0 Å². The van der Waals surface area contributed by atoms with Gasteiger partial charge >= 0.3 is 12.3 Å². The molecular weight excluding hydrogens is 527 g/mol. The van der Waals surface area contributed by atoms with Gasteiger partial charge in [-0.1, -0.05) is 19.8 Å². The first-order valence-electron chi connectivity index (χ1n) is 14.2. The van der Waals surface area contributed by atoms with Gasteiger partial charge in [-0.05, 0) is 52.4 Å². The number of carbonyl (C=O) groups is 3. The summed E-state index contributed by atoms with van der Waals surface area (Å²) in [5.74, 6) is 0.202. The van der Waals surface area contributed by atoms with Gasteiger partial charge in [-0.3, -0.25) is 9.69 Å². The number of aromatic nitrogens is 2. The lowest BCUT2D eigenvalue weighted by Crippen LogP contribution is -2.68. The van der Waals surface area contributed by atoms with E-state index in [-0.39, 0.29) is 67.3 Å². The number of carbonyl (C=O) groups excluding carboxylic acids is 3. The SMILES string of the molecule is C[C@@H]1CCC(=O)N(C[C@@](CC=O)(NC(=O)OC(C)(C)C)N2CCc3c(nc(C4CCCC4)nc3C(F)(F)F)C2)C1. The summed E-state index contributed by atoms with van der Waals surface area (Å²) >= 11 is 0. The fraction of sp³-hybridized carbons (Fsp3) is 0.750. The van der Waals surface area contributed by atoms with E-state index in [4.69, 9.17) is 4.74 Å². The molecule has 2 fully saturated rings. The van der Waals surface area contributed by atoms with Gasteiger partial charge in [-0.25, -0.2) is 14.8 Å². The van der Waals surface area contributed by atoms with E-state index in [0.29, 0.717) is 19.3 Å². The van der Waals surface area contributed by atoms with Crippen molar-refractivity contribution in [3.63, 3.8) is 0 Å². The highest BCUT2D eigenvalue weighted by Crippen LogP contribution is 2.39. The van der Waals surface area contributed by atoms with Gasteiger partial charge in [0.15, 0.2) is 5.69 Å². The average Bonchev–Trinajstić information content (AvgIpc) is 3.38. The number of rotatable bonds is 7. The topological polar surface area (TPSA) is 105 Å². The van der Waals surface area contributed by atoms with Crippen molar-refractivity contribution in [3.05, 3.63) is 22.8 Å². The van der Waals surface area contributed by atoms with Crippen molar-refractivity contribution < 1.29 is 32.3 Å². The number of fused-ring (bicyclic) bond motifs is 1. The zero-order valence-electron chi connectivity index (χ0n) is 23.8. The van der Waals surface area contributed by atoms with Crippen molar-refractivity contribution in [2.45, 2.75) is 109 Å². The van der Waals surface area contributed by atoms with Gasteiger partial charge < -0.3 is 19.7 Å². The summed E-state index contributed by atoms with van der Waals surface area (Å²) in [7, 11) is 0. The minimum Gasteiger partial charge on any atom is -0.444 e. The van der Waals surface area contributed by atoms with E-state index < -0.39 is 29.2 Å². The van der Waals surface area contributed by atoms with Crippen LogP contribution < -0.4 is 5.32 Å². The molecule has 1 aliphatic carbocycles. The van der Waals surface area contributed by atoms with E-state index in [1.54, 1.807) is 30.6 Å². The lowest BCUT2D eigenvalue weighted by molar-refractivity contribution is -0.143. The molecule has 1 aromatic heterocycles. The van der Waals surface area contributed by atoms with E-state index in [9.17, 15) is 27.6 Å². The molecule has 0 spiro atoms. The van der Waals surface area contributed by atoms with Gasteiger partial charge in [0.2, 0.25) is 5.91 Å². The summed E-state index contributed by atoms with van der Waals surface area (Å²) in [6.07, 6.45) is -0.538. The standard InChI is InChI=1S/C28H40F3N5O4/c1-18-9-10-22(38)35(15-18)17-27(12-14-37,34-25(39)40-26(2,3)4)36-13-11-20-21(16-36)32-24(19-7-5-6-8-19)33-23(20)28(29,30)31/h14,18-19H,5-13,15-17H2,1-4H3,(H,34,39)/t18-,27+/m1/s1. The van der Waals surface area contributed by atoms with Gasteiger partial charge in [0.25, 0.3) is 0 Å². The van der Waals surface area contributed by atoms with Crippen LogP contribution in [-0.4, -0.2) is 69.0 Å².